The molecule has 16 heavy (non-hydrogen) atoms. The second-order valence-corrected chi connectivity index (χ2v) is 4.30. The summed E-state index contributed by atoms with van der Waals surface area (Å²) >= 11 is 0. The number of carbonyl (C=O) groups excluding carboxylic acids is 2. The van der Waals surface area contributed by atoms with E-state index in [9.17, 15) is 9.59 Å². The standard InChI is InChI=1S/C12H16O4/c1-2-3-6-15-11(14)10-7-9-4-5-12(10,8-13)16-9/h4-5,8-10H,2-3,6-7H2,1H3. The minimum absolute atomic E-state index is 0.103. The zero-order chi connectivity index (χ0) is 11.6. The highest BCUT2D eigenvalue weighted by Gasteiger charge is 2.54. The van der Waals surface area contributed by atoms with Crippen molar-refractivity contribution in [3.8, 4) is 0 Å². The molecule has 4 nitrogen and oxygen atoms in total. The number of ether oxygens (including phenoxy) is 2. The monoisotopic (exact) mass is 224 g/mol. The third-order valence-electron chi connectivity index (χ3n) is 3.15. The van der Waals surface area contributed by atoms with Crippen molar-refractivity contribution in [2.75, 3.05) is 6.61 Å². The number of carbonyl (C=O) groups is 2. The molecule has 0 N–H and O–H groups in total. The van der Waals surface area contributed by atoms with E-state index in [1.165, 1.54) is 0 Å². The zero-order valence-corrected chi connectivity index (χ0v) is 9.35. The Balaban J connectivity index is 1.97. The van der Waals surface area contributed by atoms with E-state index < -0.39 is 11.5 Å². The molecule has 3 atom stereocenters. The second kappa shape index (κ2) is 4.37. The van der Waals surface area contributed by atoms with Crippen LogP contribution in [0.1, 0.15) is 26.2 Å². The SMILES string of the molecule is CCCCOC(=O)C1CC2C=CC1(C=O)O2. The van der Waals surface area contributed by atoms with E-state index in [1.54, 1.807) is 6.08 Å². The van der Waals surface area contributed by atoms with E-state index in [0.717, 1.165) is 12.8 Å². The van der Waals surface area contributed by atoms with Crippen molar-refractivity contribution in [3.63, 3.8) is 0 Å². The largest absolute Gasteiger partial charge is 0.465 e. The lowest BCUT2D eigenvalue weighted by molar-refractivity contribution is -0.154. The van der Waals surface area contributed by atoms with Crippen LogP contribution >= 0.6 is 0 Å². The Labute approximate surface area is 94.6 Å². The van der Waals surface area contributed by atoms with Crippen LogP contribution in [0.5, 0.6) is 0 Å². The van der Waals surface area contributed by atoms with Gasteiger partial charge in [-0.25, -0.2) is 0 Å². The van der Waals surface area contributed by atoms with Crippen LogP contribution in [0.15, 0.2) is 12.2 Å². The molecule has 1 fully saturated rings. The Morgan fingerprint density at radius 2 is 2.50 bits per heavy atom. The number of rotatable bonds is 5. The summed E-state index contributed by atoms with van der Waals surface area (Å²) in [6.07, 6.45) is 6.52. The average molecular weight is 224 g/mol. The lowest BCUT2D eigenvalue weighted by Crippen LogP contribution is -2.39. The van der Waals surface area contributed by atoms with Gasteiger partial charge in [0.25, 0.3) is 0 Å². The molecule has 3 unspecified atom stereocenters. The average Bonchev–Trinajstić information content (AvgIpc) is 2.87. The highest BCUT2D eigenvalue weighted by Crippen LogP contribution is 2.42. The van der Waals surface area contributed by atoms with Crippen molar-refractivity contribution in [2.45, 2.75) is 37.9 Å². The van der Waals surface area contributed by atoms with Gasteiger partial charge in [-0.1, -0.05) is 19.4 Å². The molecule has 2 heterocycles. The summed E-state index contributed by atoms with van der Waals surface area (Å²) in [4.78, 5) is 22.8. The predicted molar refractivity (Wildman–Crippen MR) is 56.8 cm³/mol. The summed E-state index contributed by atoms with van der Waals surface area (Å²) in [5, 5.41) is 0. The van der Waals surface area contributed by atoms with Crippen molar-refractivity contribution in [1.29, 1.82) is 0 Å². The van der Waals surface area contributed by atoms with Gasteiger partial charge >= 0.3 is 5.97 Å². The van der Waals surface area contributed by atoms with Crippen LogP contribution in [0.2, 0.25) is 0 Å². The van der Waals surface area contributed by atoms with Gasteiger partial charge in [-0.05, 0) is 18.9 Å². The van der Waals surface area contributed by atoms with E-state index in [1.807, 2.05) is 13.0 Å². The van der Waals surface area contributed by atoms with Crippen LogP contribution in [0, 0.1) is 5.92 Å². The highest BCUT2D eigenvalue weighted by molar-refractivity contribution is 5.84. The zero-order valence-electron chi connectivity index (χ0n) is 9.35. The Hall–Kier alpha value is -1.16. The van der Waals surface area contributed by atoms with Crippen LogP contribution in [-0.2, 0) is 19.1 Å². The van der Waals surface area contributed by atoms with E-state index in [4.69, 9.17) is 9.47 Å². The van der Waals surface area contributed by atoms with Crippen molar-refractivity contribution in [2.24, 2.45) is 5.92 Å². The third-order valence-corrected chi connectivity index (χ3v) is 3.15. The summed E-state index contributed by atoms with van der Waals surface area (Å²) in [7, 11) is 0. The molecule has 0 aromatic rings. The lowest BCUT2D eigenvalue weighted by atomic mass is 9.84. The minimum Gasteiger partial charge on any atom is -0.465 e. The fourth-order valence-corrected chi connectivity index (χ4v) is 2.19. The van der Waals surface area contributed by atoms with Crippen LogP contribution in [0.4, 0.5) is 0 Å². The molecule has 88 valence electrons. The lowest BCUT2D eigenvalue weighted by Gasteiger charge is -2.22. The van der Waals surface area contributed by atoms with Gasteiger partial charge in [0.1, 0.15) is 0 Å². The molecule has 0 aromatic carbocycles. The third kappa shape index (κ3) is 1.78. The topological polar surface area (TPSA) is 52.6 Å². The maximum Gasteiger partial charge on any atom is 0.312 e. The van der Waals surface area contributed by atoms with Crippen LogP contribution in [0.25, 0.3) is 0 Å². The number of unbranched alkanes of at least 4 members (excludes halogenated alkanes) is 1. The molecule has 2 bridgehead atoms. The van der Waals surface area contributed by atoms with Gasteiger partial charge in [-0.2, -0.15) is 0 Å². The van der Waals surface area contributed by atoms with Crippen LogP contribution in [-0.4, -0.2) is 30.6 Å². The van der Waals surface area contributed by atoms with E-state index in [0.29, 0.717) is 19.3 Å². The van der Waals surface area contributed by atoms with Gasteiger partial charge in [0.2, 0.25) is 0 Å². The van der Waals surface area contributed by atoms with Crippen LogP contribution in [0.3, 0.4) is 0 Å². The van der Waals surface area contributed by atoms with Crippen molar-refractivity contribution in [3.05, 3.63) is 12.2 Å². The Bertz CT molecular complexity index is 323. The predicted octanol–water partition coefficient (Wildman–Crippen LogP) is 1.24. The fourth-order valence-electron chi connectivity index (χ4n) is 2.19. The number of hydrogen-bond donors (Lipinski definition) is 0. The molecule has 2 aliphatic heterocycles. The number of fused-ring (bicyclic) bond motifs is 2. The molecule has 0 spiro atoms. The Morgan fingerprint density at radius 3 is 3.12 bits per heavy atom. The van der Waals surface area contributed by atoms with Gasteiger partial charge < -0.3 is 9.47 Å². The normalized spacial score (nSPS) is 35.3. The summed E-state index contributed by atoms with van der Waals surface area (Å²) in [6.45, 7) is 2.46. The molecule has 0 aromatic heterocycles. The van der Waals surface area contributed by atoms with Crippen LogP contribution < -0.4 is 0 Å². The summed E-state index contributed by atoms with van der Waals surface area (Å²) in [6, 6.07) is 0. The molecule has 0 radical (unpaired) electrons. The first-order valence-electron chi connectivity index (χ1n) is 5.72. The first-order valence-corrected chi connectivity index (χ1v) is 5.72. The van der Waals surface area contributed by atoms with E-state index >= 15 is 0 Å². The van der Waals surface area contributed by atoms with Crippen molar-refractivity contribution in [1.82, 2.24) is 0 Å². The highest BCUT2D eigenvalue weighted by atomic mass is 16.6. The molecule has 1 saturated heterocycles. The van der Waals surface area contributed by atoms with Gasteiger partial charge in [0.15, 0.2) is 11.9 Å². The molecular weight excluding hydrogens is 208 g/mol. The van der Waals surface area contributed by atoms with E-state index in [2.05, 4.69) is 0 Å². The summed E-state index contributed by atoms with van der Waals surface area (Å²) in [5.41, 5.74) is -1.05. The molecule has 0 aliphatic carbocycles. The molecule has 0 amide bonds. The molecule has 2 aliphatic rings. The summed E-state index contributed by atoms with van der Waals surface area (Å²) in [5.74, 6) is -0.774. The molecule has 4 heteroatoms. The smallest absolute Gasteiger partial charge is 0.312 e. The fraction of sp³-hybridized carbons (Fsp3) is 0.667. The number of hydrogen-bond acceptors (Lipinski definition) is 4. The Morgan fingerprint density at radius 1 is 1.69 bits per heavy atom. The van der Waals surface area contributed by atoms with Crippen molar-refractivity contribution < 1.29 is 19.1 Å². The van der Waals surface area contributed by atoms with Gasteiger partial charge in [0, 0.05) is 0 Å². The maximum atomic E-state index is 11.8. The number of esters is 1. The minimum atomic E-state index is -1.05. The van der Waals surface area contributed by atoms with Gasteiger partial charge in [-0.3, -0.25) is 9.59 Å². The first-order chi connectivity index (χ1) is 7.72. The molecule has 2 rings (SSSR count). The maximum absolute atomic E-state index is 11.8. The molecular formula is C12H16O4. The first kappa shape index (κ1) is 11.3. The number of aldehydes is 1. The van der Waals surface area contributed by atoms with Gasteiger partial charge in [0.05, 0.1) is 18.6 Å². The van der Waals surface area contributed by atoms with Crippen molar-refractivity contribution >= 4 is 12.3 Å². The summed E-state index contributed by atoms with van der Waals surface area (Å²) < 4.78 is 10.6. The quantitative estimate of drug-likeness (QED) is 0.305. The second-order valence-electron chi connectivity index (χ2n) is 4.30. The van der Waals surface area contributed by atoms with E-state index in [-0.39, 0.29) is 12.1 Å². The molecule has 0 saturated carbocycles. The Kier molecular flexibility index (Phi) is 3.10. The van der Waals surface area contributed by atoms with Gasteiger partial charge in [-0.15, -0.1) is 0 Å².